The smallest absolute Gasteiger partial charge is 0.408 e. The van der Waals surface area contributed by atoms with Gasteiger partial charge >= 0.3 is 6.09 Å². The molecular formula is C29H37Cl3N4O7S. The number of alkyl carbamates (subject to hydrolysis) is 1. The summed E-state index contributed by atoms with van der Waals surface area (Å²) in [5, 5.41) is 5.03. The number of nitrogens with zero attached hydrogens (tertiary/aromatic N) is 1. The van der Waals surface area contributed by atoms with E-state index in [4.69, 9.17) is 39.5 Å². The zero-order valence-corrected chi connectivity index (χ0v) is 27.8. The maximum absolute atomic E-state index is 13.7. The molecule has 1 aromatic carbocycles. The van der Waals surface area contributed by atoms with Crippen LogP contribution in [0.5, 0.6) is 0 Å². The number of rotatable bonds is 4. The Morgan fingerprint density at radius 2 is 1.73 bits per heavy atom. The van der Waals surface area contributed by atoms with Crippen LogP contribution in [0.25, 0.3) is 0 Å². The summed E-state index contributed by atoms with van der Waals surface area (Å²) in [7, 11) is -4.55. The number of fused-ring (bicyclic) bond motifs is 2. The standard InChI is InChI=1S/C29H37Cl3N4O7S/c1-28(2,3)43-27(40)33-21-11-8-6-4-5-7-10-17-16-29(17,34-24(37)22-12-9-13-36(22)25(21)38)26(39)35-44(41,42)23-19(31)14-18(30)15-20(23)32/h7,10,14-15,17,21-22H,4-6,8-9,11-13,16H2,1-3H3,(H,33,40)(H,34,37)(H,35,39)/t17-,21+,22+,29-/m1/s1. The number of benzene rings is 1. The Bertz CT molecular complexity index is 1440. The Balaban J connectivity index is 1.59. The van der Waals surface area contributed by atoms with Crippen molar-refractivity contribution in [3.63, 3.8) is 0 Å². The highest BCUT2D eigenvalue weighted by Crippen LogP contribution is 2.46. The average Bonchev–Trinajstić information content (AvgIpc) is 3.34. The summed E-state index contributed by atoms with van der Waals surface area (Å²) in [6.07, 6.45) is 7.27. The van der Waals surface area contributed by atoms with Crippen LogP contribution in [0.4, 0.5) is 4.79 Å². The fourth-order valence-electron chi connectivity index (χ4n) is 5.59. The minimum Gasteiger partial charge on any atom is -0.444 e. The van der Waals surface area contributed by atoms with E-state index in [9.17, 15) is 27.6 Å². The third-order valence-corrected chi connectivity index (χ3v) is 10.3. The monoisotopic (exact) mass is 690 g/mol. The van der Waals surface area contributed by atoms with Crippen molar-refractivity contribution in [3.8, 4) is 0 Å². The molecule has 0 unspecified atom stereocenters. The third kappa shape index (κ3) is 7.99. The van der Waals surface area contributed by atoms with Crippen molar-refractivity contribution in [2.45, 2.75) is 100 Å². The fourth-order valence-corrected chi connectivity index (χ4v) is 8.18. The minimum absolute atomic E-state index is 0.115. The number of allylic oxidation sites excluding steroid dienone is 1. The van der Waals surface area contributed by atoms with Gasteiger partial charge in [-0.3, -0.25) is 14.4 Å². The Labute approximate surface area is 272 Å². The summed E-state index contributed by atoms with van der Waals surface area (Å²) in [6, 6.07) is 0.570. The van der Waals surface area contributed by atoms with Crippen molar-refractivity contribution < 1.29 is 32.3 Å². The van der Waals surface area contributed by atoms with E-state index in [2.05, 4.69) is 10.6 Å². The van der Waals surface area contributed by atoms with Gasteiger partial charge in [-0.25, -0.2) is 17.9 Å². The molecule has 2 fully saturated rings. The maximum Gasteiger partial charge on any atom is 0.408 e. The van der Waals surface area contributed by atoms with Gasteiger partial charge in [-0.15, -0.1) is 0 Å². The molecular weight excluding hydrogens is 655 g/mol. The highest BCUT2D eigenvalue weighted by atomic mass is 35.5. The lowest BCUT2D eigenvalue weighted by Crippen LogP contribution is -2.58. The number of sulfonamides is 1. The van der Waals surface area contributed by atoms with Crippen LogP contribution < -0.4 is 15.4 Å². The second-order valence-corrected chi connectivity index (χ2v) is 15.2. The zero-order chi connectivity index (χ0) is 32.4. The van der Waals surface area contributed by atoms with Gasteiger partial charge < -0.3 is 20.3 Å². The lowest BCUT2D eigenvalue weighted by molar-refractivity contribution is -0.141. The number of ether oxygens (including phenoxy) is 1. The SMILES string of the molecule is CC(C)(C)OC(=O)N[C@H]1CCCCCC=C[C@@H]2C[C@@]2(C(=O)NS(=O)(=O)c2c(Cl)cc(Cl)cc2Cl)NC(=O)[C@@H]2CCCN2C1=O. The van der Waals surface area contributed by atoms with Crippen LogP contribution in [0.1, 0.15) is 72.1 Å². The predicted octanol–water partition coefficient (Wildman–Crippen LogP) is 4.73. The van der Waals surface area contributed by atoms with E-state index in [1.807, 2.05) is 10.8 Å². The Kier molecular flexibility index (Phi) is 10.5. The Hall–Kier alpha value is -2.54. The molecule has 1 aromatic rings. The average molecular weight is 692 g/mol. The molecule has 4 amide bonds. The van der Waals surface area contributed by atoms with Crippen LogP contribution in [-0.4, -0.2) is 66.9 Å². The molecule has 0 spiro atoms. The topological polar surface area (TPSA) is 151 Å². The molecule has 1 saturated carbocycles. The first kappa shape index (κ1) is 34.3. The number of carbonyl (C=O) groups is 4. The van der Waals surface area contributed by atoms with Crippen LogP contribution in [0.2, 0.25) is 15.1 Å². The fraction of sp³-hybridized carbons (Fsp3) is 0.586. The number of amides is 4. The van der Waals surface area contributed by atoms with Crippen LogP contribution in [-0.2, 0) is 29.1 Å². The van der Waals surface area contributed by atoms with E-state index in [1.54, 1.807) is 26.8 Å². The quantitative estimate of drug-likeness (QED) is 0.386. The summed E-state index contributed by atoms with van der Waals surface area (Å²) in [6.45, 7) is 5.45. The van der Waals surface area contributed by atoms with Crippen LogP contribution in [0, 0.1) is 5.92 Å². The number of nitrogens with one attached hydrogen (secondary N) is 3. The molecule has 2 aliphatic heterocycles. The van der Waals surface area contributed by atoms with Crippen molar-refractivity contribution in [1.29, 1.82) is 0 Å². The third-order valence-electron chi connectivity index (χ3n) is 7.78. The molecule has 0 radical (unpaired) electrons. The molecule has 1 aliphatic carbocycles. The second kappa shape index (κ2) is 13.4. The van der Waals surface area contributed by atoms with Crippen molar-refractivity contribution >= 4 is 68.6 Å². The van der Waals surface area contributed by atoms with E-state index in [-0.39, 0.29) is 28.0 Å². The van der Waals surface area contributed by atoms with Crippen LogP contribution >= 0.6 is 34.8 Å². The first-order valence-electron chi connectivity index (χ1n) is 14.5. The van der Waals surface area contributed by atoms with Crippen molar-refractivity contribution in [3.05, 3.63) is 39.4 Å². The van der Waals surface area contributed by atoms with Gasteiger partial charge in [-0.2, -0.15) is 0 Å². The minimum atomic E-state index is -4.55. The summed E-state index contributed by atoms with van der Waals surface area (Å²) in [5.74, 6) is -2.43. The molecule has 3 aliphatic rings. The van der Waals surface area contributed by atoms with Gasteiger partial charge in [0.25, 0.3) is 15.9 Å². The van der Waals surface area contributed by atoms with Crippen molar-refractivity contribution in [2.75, 3.05) is 6.54 Å². The predicted molar refractivity (Wildman–Crippen MR) is 166 cm³/mol. The first-order valence-corrected chi connectivity index (χ1v) is 17.2. The van der Waals surface area contributed by atoms with E-state index < -0.39 is 67.9 Å². The maximum atomic E-state index is 13.7. The molecule has 242 valence electrons. The summed E-state index contributed by atoms with van der Waals surface area (Å²) in [4.78, 5) is 54.5. The lowest BCUT2D eigenvalue weighted by Gasteiger charge is -2.30. The van der Waals surface area contributed by atoms with Gasteiger partial charge in [0, 0.05) is 17.5 Å². The molecule has 44 heavy (non-hydrogen) atoms. The lowest BCUT2D eigenvalue weighted by atomic mass is 10.0. The number of halogens is 3. The molecule has 1 saturated heterocycles. The summed E-state index contributed by atoms with van der Waals surface area (Å²) >= 11 is 18.2. The van der Waals surface area contributed by atoms with E-state index in [0.717, 1.165) is 12.8 Å². The number of hydrogen-bond acceptors (Lipinski definition) is 7. The number of hydrogen-bond donors (Lipinski definition) is 3. The van der Waals surface area contributed by atoms with E-state index in [1.165, 1.54) is 17.0 Å². The van der Waals surface area contributed by atoms with E-state index >= 15 is 0 Å². The summed E-state index contributed by atoms with van der Waals surface area (Å²) < 4.78 is 33.9. The first-order chi connectivity index (χ1) is 20.5. The normalized spacial score (nSPS) is 26.4. The van der Waals surface area contributed by atoms with Crippen LogP contribution in [0.3, 0.4) is 0 Å². The van der Waals surface area contributed by atoms with E-state index in [0.29, 0.717) is 32.1 Å². The van der Waals surface area contributed by atoms with Crippen LogP contribution in [0.15, 0.2) is 29.2 Å². The van der Waals surface area contributed by atoms with Gasteiger partial charge in [-0.1, -0.05) is 59.8 Å². The molecule has 4 rings (SSSR count). The van der Waals surface area contributed by atoms with Gasteiger partial charge in [0.05, 0.1) is 10.0 Å². The molecule has 0 bridgehead atoms. The molecule has 2 heterocycles. The highest BCUT2D eigenvalue weighted by molar-refractivity contribution is 7.90. The van der Waals surface area contributed by atoms with Gasteiger partial charge in [-0.05, 0) is 71.4 Å². The molecule has 15 heteroatoms. The molecule has 3 N–H and O–H groups in total. The summed E-state index contributed by atoms with van der Waals surface area (Å²) in [5.41, 5.74) is -2.33. The van der Waals surface area contributed by atoms with Gasteiger partial charge in [0.2, 0.25) is 11.8 Å². The van der Waals surface area contributed by atoms with Gasteiger partial charge in [0.1, 0.15) is 28.1 Å². The second-order valence-electron chi connectivity index (χ2n) is 12.4. The Morgan fingerprint density at radius 1 is 1.05 bits per heavy atom. The molecule has 0 aromatic heterocycles. The largest absolute Gasteiger partial charge is 0.444 e. The zero-order valence-electron chi connectivity index (χ0n) is 24.8. The number of carbonyl (C=O) groups excluding carboxylic acids is 4. The molecule has 4 atom stereocenters. The highest BCUT2D eigenvalue weighted by Gasteiger charge is 2.61. The van der Waals surface area contributed by atoms with Gasteiger partial charge in [0.15, 0.2) is 0 Å². The van der Waals surface area contributed by atoms with Crippen molar-refractivity contribution in [2.24, 2.45) is 5.92 Å². The van der Waals surface area contributed by atoms with Crippen molar-refractivity contribution in [1.82, 2.24) is 20.3 Å². The molecule has 11 nitrogen and oxygen atoms in total. The Morgan fingerprint density at radius 3 is 2.39 bits per heavy atom.